The molecule has 2 atom stereocenters. The molecule has 4 heteroatoms. The summed E-state index contributed by atoms with van der Waals surface area (Å²) in [6.07, 6.45) is 6.57. The fourth-order valence-electron chi connectivity index (χ4n) is 2.05. The highest BCUT2D eigenvalue weighted by molar-refractivity contribution is 4.97. The minimum Gasteiger partial charge on any atom is -0.328 e. The van der Waals surface area contributed by atoms with E-state index >= 15 is 0 Å². The average molecular weight is 194 g/mol. The van der Waals surface area contributed by atoms with E-state index in [1.165, 1.54) is 19.3 Å². The molecule has 0 aliphatic heterocycles. The van der Waals surface area contributed by atoms with E-state index in [1.807, 2.05) is 6.07 Å². The maximum atomic E-state index is 5.91. The Hall–Kier alpha value is -0.870. The number of nitrogens with two attached hydrogens (primary N) is 1. The van der Waals surface area contributed by atoms with Crippen LogP contribution in [-0.4, -0.2) is 22.3 Å². The van der Waals surface area contributed by atoms with E-state index in [4.69, 9.17) is 5.73 Å². The van der Waals surface area contributed by atoms with Gasteiger partial charge in [-0.1, -0.05) is 6.42 Å². The number of nitrogens with zero attached hydrogens (tertiary/aromatic N) is 1. The maximum Gasteiger partial charge on any atom is 0.0490 e. The smallest absolute Gasteiger partial charge is 0.0490 e. The molecule has 14 heavy (non-hydrogen) atoms. The van der Waals surface area contributed by atoms with Crippen molar-refractivity contribution in [2.45, 2.75) is 44.3 Å². The van der Waals surface area contributed by atoms with Gasteiger partial charge in [-0.15, -0.1) is 0 Å². The monoisotopic (exact) mass is 194 g/mol. The number of rotatable bonds is 3. The summed E-state index contributed by atoms with van der Waals surface area (Å²) >= 11 is 0. The first-order valence-electron chi connectivity index (χ1n) is 5.32. The molecule has 0 aromatic carbocycles. The Bertz CT molecular complexity index is 257. The fraction of sp³-hybridized carbons (Fsp3) is 0.700. The van der Waals surface area contributed by atoms with E-state index in [0.717, 1.165) is 18.7 Å². The van der Waals surface area contributed by atoms with E-state index in [1.54, 1.807) is 6.20 Å². The number of aromatic amines is 1. The number of hydrogen-bond donors (Lipinski definition) is 3. The van der Waals surface area contributed by atoms with Gasteiger partial charge < -0.3 is 11.1 Å². The molecule has 0 bridgehead atoms. The molecule has 4 N–H and O–H groups in total. The topological polar surface area (TPSA) is 66.7 Å². The van der Waals surface area contributed by atoms with Gasteiger partial charge in [0.15, 0.2) is 0 Å². The summed E-state index contributed by atoms with van der Waals surface area (Å²) in [6.45, 7) is 0.872. The third-order valence-electron chi connectivity index (χ3n) is 2.85. The molecule has 0 amide bonds. The SMILES string of the molecule is NC1CCCC(NCc2ccn[nH]2)C1. The van der Waals surface area contributed by atoms with Gasteiger partial charge in [0.2, 0.25) is 0 Å². The lowest BCUT2D eigenvalue weighted by Crippen LogP contribution is -2.39. The second-order valence-corrected chi connectivity index (χ2v) is 4.09. The highest BCUT2D eigenvalue weighted by Gasteiger charge is 2.18. The minimum absolute atomic E-state index is 0.392. The van der Waals surface area contributed by atoms with Crippen molar-refractivity contribution in [3.63, 3.8) is 0 Å². The Kier molecular flexibility index (Phi) is 3.16. The van der Waals surface area contributed by atoms with Crippen molar-refractivity contribution in [2.75, 3.05) is 0 Å². The molecule has 0 saturated heterocycles. The van der Waals surface area contributed by atoms with Crippen molar-refractivity contribution in [2.24, 2.45) is 5.73 Å². The van der Waals surface area contributed by atoms with Crippen LogP contribution in [-0.2, 0) is 6.54 Å². The fourth-order valence-corrected chi connectivity index (χ4v) is 2.05. The van der Waals surface area contributed by atoms with Crippen molar-refractivity contribution in [1.29, 1.82) is 0 Å². The lowest BCUT2D eigenvalue weighted by molar-refractivity contribution is 0.337. The third-order valence-corrected chi connectivity index (χ3v) is 2.85. The molecule has 1 saturated carbocycles. The van der Waals surface area contributed by atoms with Crippen LogP contribution < -0.4 is 11.1 Å². The van der Waals surface area contributed by atoms with Crippen LogP contribution in [0.5, 0.6) is 0 Å². The van der Waals surface area contributed by atoms with Gasteiger partial charge in [-0.05, 0) is 25.3 Å². The zero-order valence-electron chi connectivity index (χ0n) is 8.37. The van der Waals surface area contributed by atoms with Crippen LogP contribution in [0.3, 0.4) is 0 Å². The van der Waals surface area contributed by atoms with Crippen LogP contribution >= 0.6 is 0 Å². The normalized spacial score (nSPS) is 27.8. The lowest BCUT2D eigenvalue weighted by Gasteiger charge is -2.27. The Labute approximate surface area is 84.3 Å². The molecular weight excluding hydrogens is 176 g/mol. The van der Waals surface area contributed by atoms with Gasteiger partial charge in [-0.25, -0.2) is 0 Å². The quantitative estimate of drug-likeness (QED) is 0.666. The van der Waals surface area contributed by atoms with Crippen molar-refractivity contribution >= 4 is 0 Å². The van der Waals surface area contributed by atoms with Crippen molar-refractivity contribution in [1.82, 2.24) is 15.5 Å². The predicted molar refractivity (Wildman–Crippen MR) is 55.7 cm³/mol. The highest BCUT2D eigenvalue weighted by Crippen LogP contribution is 2.17. The van der Waals surface area contributed by atoms with Crippen LogP contribution in [0.15, 0.2) is 12.3 Å². The summed E-state index contributed by atoms with van der Waals surface area (Å²) in [7, 11) is 0. The third kappa shape index (κ3) is 2.56. The van der Waals surface area contributed by atoms with Crippen LogP contribution in [0, 0.1) is 0 Å². The molecule has 4 nitrogen and oxygen atoms in total. The van der Waals surface area contributed by atoms with Crippen molar-refractivity contribution < 1.29 is 0 Å². The molecule has 0 spiro atoms. The van der Waals surface area contributed by atoms with E-state index in [2.05, 4.69) is 15.5 Å². The molecule has 2 unspecified atom stereocenters. The minimum atomic E-state index is 0.392. The van der Waals surface area contributed by atoms with Gasteiger partial charge in [-0.3, -0.25) is 5.10 Å². The van der Waals surface area contributed by atoms with Crippen LogP contribution in [0.1, 0.15) is 31.4 Å². The standard InChI is InChI=1S/C10H18N4/c11-8-2-1-3-9(6-8)12-7-10-4-5-13-14-10/h4-5,8-9,12H,1-3,6-7,11H2,(H,13,14). The van der Waals surface area contributed by atoms with Gasteiger partial charge in [0.05, 0.1) is 0 Å². The second kappa shape index (κ2) is 4.57. The van der Waals surface area contributed by atoms with Crippen LogP contribution in [0.4, 0.5) is 0 Å². The Morgan fingerprint density at radius 2 is 2.50 bits per heavy atom. The molecule has 1 heterocycles. The van der Waals surface area contributed by atoms with E-state index in [-0.39, 0.29) is 0 Å². The van der Waals surface area contributed by atoms with E-state index < -0.39 is 0 Å². The van der Waals surface area contributed by atoms with E-state index in [0.29, 0.717) is 12.1 Å². The van der Waals surface area contributed by atoms with Crippen molar-refractivity contribution in [3.8, 4) is 0 Å². The summed E-state index contributed by atoms with van der Waals surface area (Å²) in [5.74, 6) is 0. The predicted octanol–water partition coefficient (Wildman–Crippen LogP) is 0.769. The van der Waals surface area contributed by atoms with E-state index in [9.17, 15) is 0 Å². The summed E-state index contributed by atoms with van der Waals surface area (Å²) < 4.78 is 0. The molecule has 1 aromatic rings. The second-order valence-electron chi connectivity index (χ2n) is 4.09. The summed E-state index contributed by atoms with van der Waals surface area (Å²) in [6, 6.07) is 2.97. The molecule has 1 aromatic heterocycles. The van der Waals surface area contributed by atoms with Gasteiger partial charge in [-0.2, -0.15) is 5.10 Å². The van der Waals surface area contributed by atoms with Gasteiger partial charge in [0.1, 0.15) is 0 Å². The molecule has 1 fully saturated rings. The molecule has 1 aliphatic carbocycles. The Morgan fingerprint density at radius 1 is 1.57 bits per heavy atom. The summed E-state index contributed by atoms with van der Waals surface area (Å²) in [5, 5.41) is 10.4. The first-order chi connectivity index (χ1) is 6.84. The molecule has 1 aliphatic rings. The van der Waals surface area contributed by atoms with Crippen molar-refractivity contribution in [3.05, 3.63) is 18.0 Å². The zero-order chi connectivity index (χ0) is 9.80. The first kappa shape index (κ1) is 9.68. The molecule has 2 rings (SSSR count). The average Bonchev–Trinajstić information content (AvgIpc) is 2.67. The Balaban J connectivity index is 1.75. The van der Waals surface area contributed by atoms with Crippen LogP contribution in [0.2, 0.25) is 0 Å². The molecule has 78 valence electrons. The summed E-state index contributed by atoms with van der Waals surface area (Å²) in [4.78, 5) is 0. The number of aromatic nitrogens is 2. The molecule has 0 radical (unpaired) electrons. The zero-order valence-corrected chi connectivity index (χ0v) is 8.37. The van der Waals surface area contributed by atoms with Crippen LogP contribution in [0.25, 0.3) is 0 Å². The highest BCUT2D eigenvalue weighted by atomic mass is 15.1. The first-order valence-corrected chi connectivity index (χ1v) is 5.32. The van der Waals surface area contributed by atoms with Gasteiger partial charge >= 0.3 is 0 Å². The van der Waals surface area contributed by atoms with Gasteiger partial charge in [0.25, 0.3) is 0 Å². The maximum absolute atomic E-state index is 5.91. The largest absolute Gasteiger partial charge is 0.328 e. The van der Waals surface area contributed by atoms with Gasteiger partial charge in [0, 0.05) is 30.5 Å². The summed E-state index contributed by atoms with van der Waals surface area (Å²) in [5.41, 5.74) is 7.06. The lowest BCUT2D eigenvalue weighted by atomic mass is 9.91. The number of H-pyrrole nitrogens is 1. The number of hydrogen-bond acceptors (Lipinski definition) is 3. The Morgan fingerprint density at radius 3 is 3.21 bits per heavy atom. The molecular formula is C10H18N4. The number of nitrogens with one attached hydrogen (secondary N) is 2.